The number of nitrogens with zero attached hydrogens (tertiary/aromatic N) is 1. The standard InChI is InChI=1S/C21H18ClF2NO2/c22-12-15-1-5-17(6-2-15)20(24)13-25-10-9-19(11-21(25)26)27-14-16-3-7-18(23)8-4-16/h1-11,20H,12-14H2. The van der Waals surface area contributed by atoms with Gasteiger partial charge in [0, 0.05) is 18.1 Å². The number of hydrogen-bond acceptors (Lipinski definition) is 2. The first-order chi connectivity index (χ1) is 13.0. The van der Waals surface area contributed by atoms with Gasteiger partial charge < -0.3 is 9.30 Å². The molecule has 1 heterocycles. The van der Waals surface area contributed by atoms with Crippen LogP contribution < -0.4 is 10.3 Å². The third-order valence-corrected chi connectivity index (χ3v) is 4.45. The Hall–Kier alpha value is -2.66. The lowest BCUT2D eigenvalue weighted by molar-refractivity contribution is 0.292. The third kappa shape index (κ3) is 5.17. The zero-order valence-corrected chi connectivity index (χ0v) is 15.2. The lowest BCUT2D eigenvalue weighted by Gasteiger charge is -2.12. The molecule has 27 heavy (non-hydrogen) atoms. The summed E-state index contributed by atoms with van der Waals surface area (Å²) in [4.78, 5) is 12.2. The number of halogens is 3. The molecule has 3 nitrogen and oxygen atoms in total. The summed E-state index contributed by atoms with van der Waals surface area (Å²) < 4.78 is 34.2. The smallest absolute Gasteiger partial charge is 0.254 e. The van der Waals surface area contributed by atoms with Crippen molar-refractivity contribution in [2.75, 3.05) is 0 Å². The van der Waals surface area contributed by atoms with Crippen LogP contribution in [0.25, 0.3) is 0 Å². The molecule has 0 spiro atoms. The maximum Gasteiger partial charge on any atom is 0.254 e. The van der Waals surface area contributed by atoms with E-state index in [0.29, 0.717) is 17.2 Å². The first kappa shape index (κ1) is 19.1. The first-order valence-corrected chi connectivity index (χ1v) is 8.95. The average molecular weight is 390 g/mol. The van der Waals surface area contributed by atoms with Crippen molar-refractivity contribution < 1.29 is 13.5 Å². The Bertz CT molecular complexity index is 940. The Labute approximate surface area is 160 Å². The van der Waals surface area contributed by atoms with Gasteiger partial charge in [0.05, 0.1) is 6.54 Å². The van der Waals surface area contributed by atoms with Gasteiger partial charge in [-0.15, -0.1) is 11.6 Å². The van der Waals surface area contributed by atoms with Gasteiger partial charge >= 0.3 is 0 Å². The van der Waals surface area contributed by atoms with E-state index in [1.165, 1.54) is 29.0 Å². The van der Waals surface area contributed by atoms with Crippen LogP contribution in [0.15, 0.2) is 71.7 Å². The Morgan fingerprint density at radius 1 is 1.00 bits per heavy atom. The van der Waals surface area contributed by atoms with Crippen molar-refractivity contribution in [3.63, 3.8) is 0 Å². The summed E-state index contributed by atoms with van der Waals surface area (Å²) in [6.45, 7) is 0.125. The van der Waals surface area contributed by atoms with E-state index in [-0.39, 0.29) is 24.5 Å². The Balaban J connectivity index is 1.63. The second kappa shape index (κ2) is 8.82. The molecule has 6 heteroatoms. The van der Waals surface area contributed by atoms with Gasteiger partial charge in [0.1, 0.15) is 24.3 Å². The molecule has 0 amide bonds. The van der Waals surface area contributed by atoms with E-state index in [1.54, 1.807) is 42.5 Å². The predicted molar refractivity (Wildman–Crippen MR) is 101 cm³/mol. The minimum absolute atomic E-state index is 0.0860. The van der Waals surface area contributed by atoms with Gasteiger partial charge in [-0.25, -0.2) is 8.78 Å². The quantitative estimate of drug-likeness (QED) is 0.531. The summed E-state index contributed by atoms with van der Waals surface area (Å²) in [5.41, 5.74) is 1.83. The molecule has 2 aromatic carbocycles. The third-order valence-electron chi connectivity index (χ3n) is 4.14. The van der Waals surface area contributed by atoms with E-state index in [4.69, 9.17) is 16.3 Å². The van der Waals surface area contributed by atoms with E-state index < -0.39 is 6.17 Å². The molecule has 0 radical (unpaired) electrons. The molecule has 1 atom stereocenters. The molecular weight excluding hydrogens is 372 g/mol. The summed E-state index contributed by atoms with van der Waals surface area (Å²) in [5.74, 6) is 0.428. The van der Waals surface area contributed by atoms with Gasteiger partial charge in [-0.1, -0.05) is 36.4 Å². The van der Waals surface area contributed by atoms with Gasteiger partial charge in [-0.2, -0.15) is 0 Å². The zero-order chi connectivity index (χ0) is 19.2. The van der Waals surface area contributed by atoms with Crippen LogP contribution in [0.4, 0.5) is 8.78 Å². The number of ether oxygens (including phenoxy) is 1. The van der Waals surface area contributed by atoms with Crippen molar-refractivity contribution in [1.29, 1.82) is 0 Å². The lowest BCUT2D eigenvalue weighted by Crippen LogP contribution is -2.21. The van der Waals surface area contributed by atoms with E-state index >= 15 is 0 Å². The van der Waals surface area contributed by atoms with Crippen LogP contribution in [0, 0.1) is 5.82 Å². The minimum Gasteiger partial charge on any atom is -0.489 e. The summed E-state index contributed by atoms with van der Waals surface area (Å²) in [6, 6.07) is 15.7. The molecule has 140 valence electrons. The van der Waals surface area contributed by atoms with Gasteiger partial charge in [0.15, 0.2) is 0 Å². The van der Waals surface area contributed by atoms with Crippen molar-refractivity contribution in [2.45, 2.75) is 25.2 Å². The second-order valence-corrected chi connectivity index (χ2v) is 6.38. The average Bonchev–Trinajstić information content (AvgIpc) is 2.69. The van der Waals surface area contributed by atoms with Crippen LogP contribution in [0.2, 0.25) is 0 Å². The maximum atomic E-state index is 14.5. The summed E-state index contributed by atoms with van der Waals surface area (Å²) in [6.07, 6.45) is 0.195. The molecule has 0 fully saturated rings. The fourth-order valence-corrected chi connectivity index (χ4v) is 2.75. The maximum absolute atomic E-state index is 14.5. The van der Waals surface area contributed by atoms with E-state index in [1.807, 2.05) is 0 Å². The number of alkyl halides is 2. The topological polar surface area (TPSA) is 31.2 Å². The molecule has 3 rings (SSSR count). The molecule has 0 saturated heterocycles. The Kier molecular flexibility index (Phi) is 6.24. The molecule has 0 bridgehead atoms. The number of rotatable bonds is 7. The SMILES string of the molecule is O=c1cc(OCc2ccc(F)cc2)ccn1CC(F)c1ccc(CCl)cc1. The Morgan fingerprint density at radius 2 is 1.67 bits per heavy atom. The molecule has 0 N–H and O–H groups in total. The van der Waals surface area contributed by atoms with E-state index in [2.05, 4.69) is 0 Å². The Morgan fingerprint density at radius 3 is 2.30 bits per heavy atom. The summed E-state index contributed by atoms with van der Waals surface area (Å²) in [5, 5.41) is 0. The van der Waals surface area contributed by atoms with E-state index in [0.717, 1.165) is 11.1 Å². The van der Waals surface area contributed by atoms with Crippen LogP contribution in [0.3, 0.4) is 0 Å². The highest BCUT2D eigenvalue weighted by atomic mass is 35.5. The molecule has 0 aliphatic heterocycles. The molecule has 0 aliphatic rings. The van der Waals surface area contributed by atoms with Crippen molar-refractivity contribution in [2.24, 2.45) is 0 Å². The normalized spacial score (nSPS) is 12.0. The molecule has 0 saturated carbocycles. The first-order valence-electron chi connectivity index (χ1n) is 8.42. The van der Waals surface area contributed by atoms with Gasteiger partial charge in [0.25, 0.3) is 5.56 Å². The lowest BCUT2D eigenvalue weighted by atomic mass is 10.1. The van der Waals surface area contributed by atoms with Crippen molar-refractivity contribution >= 4 is 11.6 Å². The van der Waals surface area contributed by atoms with Gasteiger partial charge in [-0.05, 0) is 34.9 Å². The number of hydrogen-bond donors (Lipinski definition) is 0. The van der Waals surface area contributed by atoms with Crippen molar-refractivity contribution in [3.05, 3.63) is 99.7 Å². The number of benzene rings is 2. The summed E-state index contributed by atoms with van der Waals surface area (Å²) >= 11 is 5.73. The molecule has 3 aromatic rings. The molecule has 1 aromatic heterocycles. The van der Waals surface area contributed by atoms with Crippen LogP contribution >= 0.6 is 11.6 Å². The van der Waals surface area contributed by atoms with Crippen LogP contribution in [0.5, 0.6) is 5.75 Å². The highest BCUT2D eigenvalue weighted by Gasteiger charge is 2.12. The predicted octanol–water partition coefficient (Wildman–Crippen LogP) is 5.02. The summed E-state index contributed by atoms with van der Waals surface area (Å²) in [7, 11) is 0. The number of aromatic nitrogens is 1. The fraction of sp³-hybridized carbons (Fsp3) is 0.190. The minimum atomic E-state index is -1.31. The largest absolute Gasteiger partial charge is 0.489 e. The van der Waals surface area contributed by atoms with Crippen LogP contribution in [-0.4, -0.2) is 4.57 Å². The van der Waals surface area contributed by atoms with Crippen molar-refractivity contribution in [3.8, 4) is 5.75 Å². The highest BCUT2D eigenvalue weighted by molar-refractivity contribution is 6.17. The van der Waals surface area contributed by atoms with Gasteiger partial charge in [-0.3, -0.25) is 4.79 Å². The zero-order valence-electron chi connectivity index (χ0n) is 14.4. The van der Waals surface area contributed by atoms with Crippen molar-refractivity contribution in [1.82, 2.24) is 4.57 Å². The highest BCUT2D eigenvalue weighted by Crippen LogP contribution is 2.20. The molecular formula is C21H18ClF2NO2. The molecule has 0 aliphatic carbocycles. The number of pyridine rings is 1. The van der Waals surface area contributed by atoms with Crippen LogP contribution in [-0.2, 0) is 19.0 Å². The molecule has 1 unspecified atom stereocenters. The van der Waals surface area contributed by atoms with Gasteiger partial charge in [0.2, 0.25) is 0 Å². The van der Waals surface area contributed by atoms with E-state index in [9.17, 15) is 13.6 Å². The second-order valence-electron chi connectivity index (χ2n) is 6.11. The van der Waals surface area contributed by atoms with Crippen LogP contribution in [0.1, 0.15) is 22.9 Å². The fourth-order valence-electron chi connectivity index (χ4n) is 2.57. The monoisotopic (exact) mass is 389 g/mol.